The molecule has 2 aromatic rings. The van der Waals surface area contributed by atoms with Gasteiger partial charge in [0.15, 0.2) is 5.70 Å². The first-order chi connectivity index (χ1) is 10.1. The molecule has 0 amide bonds. The minimum absolute atomic E-state index is 0.151. The number of ether oxygens (including phenoxy) is 1. The highest BCUT2D eigenvalue weighted by Gasteiger charge is 2.23. The molecular weight excluding hydrogens is 337 g/mol. The summed E-state index contributed by atoms with van der Waals surface area (Å²) in [6.07, 6.45) is 1.50. The van der Waals surface area contributed by atoms with E-state index in [0.29, 0.717) is 11.1 Å². The van der Waals surface area contributed by atoms with Crippen LogP contribution >= 0.6 is 15.9 Å². The Morgan fingerprint density at radius 1 is 1.14 bits per heavy atom. The topological polar surface area (TPSA) is 38.7 Å². The summed E-state index contributed by atoms with van der Waals surface area (Å²) in [5.41, 5.74) is 1.41. The second-order valence-corrected chi connectivity index (χ2v) is 5.31. The van der Waals surface area contributed by atoms with Crippen molar-refractivity contribution in [3.63, 3.8) is 0 Å². The van der Waals surface area contributed by atoms with Crippen molar-refractivity contribution in [1.82, 2.24) is 0 Å². The summed E-state index contributed by atoms with van der Waals surface area (Å²) in [5.74, 6) is -0.667. The number of cyclic esters (lactones) is 1. The Morgan fingerprint density at radius 2 is 1.90 bits per heavy atom. The zero-order valence-corrected chi connectivity index (χ0v) is 12.3. The minimum Gasteiger partial charge on any atom is -0.402 e. The zero-order valence-electron chi connectivity index (χ0n) is 10.7. The molecule has 21 heavy (non-hydrogen) atoms. The molecule has 0 fully saturated rings. The number of halogens is 2. The van der Waals surface area contributed by atoms with Gasteiger partial charge in [-0.05, 0) is 48.0 Å². The Bertz CT molecular complexity index is 766. The Morgan fingerprint density at radius 3 is 2.62 bits per heavy atom. The van der Waals surface area contributed by atoms with Gasteiger partial charge in [-0.2, -0.15) is 0 Å². The molecule has 0 spiro atoms. The van der Waals surface area contributed by atoms with Crippen LogP contribution in [0.25, 0.3) is 6.08 Å². The SMILES string of the molecule is O=C1OC(c2ccc(Br)cc2)=NC1=Cc1cccc(F)c1. The number of hydrogen-bond acceptors (Lipinski definition) is 3. The molecular formula is C16H9BrFNO2. The highest BCUT2D eigenvalue weighted by Crippen LogP contribution is 2.20. The molecule has 0 atom stereocenters. The number of carbonyl (C=O) groups is 1. The maximum Gasteiger partial charge on any atom is 0.363 e. The lowest BCUT2D eigenvalue weighted by Crippen LogP contribution is -2.05. The first-order valence-electron chi connectivity index (χ1n) is 6.16. The van der Waals surface area contributed by atoms with Gasteiger partial charge in [-0.3, -0.25) is 0 Å². The van der Waals surface area contributed by atoms with Crippen LogP contribution < -0.4 is 0 Å². The maximum atomic E-state index is 13.1. The molecule has 3 rings (SSSR count). The van der Waals surface area contributed by atoms with Crippen molar-refractivity contribution in [2.45, 2.75) is 0 Å². The van der Waals surface area contributed by atoms with Gasteiger partial charge in [0.2, 0.25) is 5.90 Å². The summed E-state index contributed by atoms with van der Waals surface area (Å²) in [4.78, 5) is 16.0. The standard InChI is InChI=1S/C16H9BrFNO2/c17-12-6-4-11(5-7-12)15-19-14(16(20)21-15)9-10-2-1-3-13(18)8-10/h1-9H. The van der Waals surface area contributed by atoms with Gasteiger partial charge in [0.25, 0.3) is 0 Å². The molecule has 104 valence electrons. The van der Waals surface area contributed by atoms with Crippen molar-refractivity contribution >= 4 is 33.9 Å². The predicted octanol–water partition coefficient (Wildman–Crippen LogP) is 3.93. The lowest BCUT2D eigenvalue weighted by Gasteiger charge is -1.98. The van der Waals surface area contributed by atoms with Crippen LogP contribution in [-0.2, 0) is 9.53 Å². The van der Waals surface area contributed by atoms with E-state index in [1.807, 2.05) is 12.1 Å². The van der Waals surface area contributed by atoms with Crippen molar-refractivity contribution < 1.29 is 13.9 Å². The molecule has 0 aliphatic carbocycles. The predicted molar refractivity (Wildman–Crippen MR) is 81.1 cm³/mol. The highest BCUT2D eigenvalue weighted by atomic mass is 79.9. The summed E-state index contributed by atoms with van der Waals surface area (Å²) in [5, 5.41) is 0. The zero-order chi connectivity index (χ0) is 14.8. The largest absolute Gasteiger partial charge is 0.402 e. The average molecular weight is 346 g/mol. The highest BCUT2D eigenvalue weighted by molar-refractivity contribution is 9.10. The van der Waals surface area contributed by atoms with Crippen molar-refractivity contribution in [1.29, 1.82) is 0 Å². The number of hydrogen-bond donors (Lipinski definition) is 0. The van der Waals surface area contributed by atoms with Gasteiger partial charge in [-0.1, -0.05) is 28.1 Å². The van der Waals surface area contributed by atoms with Gasteiger partial charge in [0.1, 0.15) is 5.82 Å². The van der Waals surface area contributed by atoms with Crippen LogP contribution in [0.1, 0.15) is 11.1 Å². The van der Waals surface area contributed by atoms with Crippen LogP contribution in [0.2, 0.25) is 0 Å². The van der Waals surface area contributed by atoms with Crippen LogP contribution in [0.5, 0.6) is 0 Å². The molecule has 5 heteroatoms. The van der Waals surface area contributed by atoms with Gasteiger partial charge in [-0.25, -0.2) is 14.2 Å². The number of benzene rings is 2. The third-order valence-electron chi connectivity index (χ3n) is 2.86. The molecule has 3 nitrogen and oxygen atoms in total. The van der Waals surface area contributed by atoms with E-state index in [1.54, 1.807) is 24.3 Å². The third-order valence-corrected chi connectivity index (χ3v) is 3.39. The third kappa shape index (κ3) is 3.08. The van der Waals surface area contributed by atoms with Crippen LogP contribution in [0.15, 0.2) is 63.7 Å². The van der Waals surface area contributed by atoms with E-state index in [-0.39, 0.29) is 17.4 Å². The lowest BCUT2D eigenvalue weighted by atomic mass is 10.2. The molecule has 2 aromatic carbocycles. The van der Waals surface area contributed by atoms with E-state index in [1.165, 1.54) is 18.2 Å². The molecule has 0 aromatic heterocycles. The summed E-state index contributed by atoms with van der Waals surface area (Å²) in [6, 6.07) is 13.2. The Kier molecular flexibility index (Phi) is 3.66. The van der Waals surface area contributed by atoms with E-state index in [0.717, 1.165) is 4.47 Å². The van der Waals surface area contributed by atoms with Crippen molar-refractivity contribution in [2.75, 3.05) is 0 Å². The molecule has 0 N–H and O–H groups in total. The number of rotatable bonds is 2. The molecule has 1 aliphatic rings. The quantitative estimate of drug-likeness (QED) is 0.610. The van der Waals surface area contributed by atoms with Gasteiger partial charge in [0, 0.05) is 10.0 Å². The molecule has 0 saturated carbocycles. The van der Waals surface area contributed by atoms with Crippen molar-refractivity contribution in [3.8, 4) is 0 Å². The monoisotopic (exact) mass is 345 g/mol. The van der Waals surface area contributed by atoms with E-state index in [2.05, 4.69) is 20.9 Å². The number of carbonyl (C=O) groups excluding carboxylic acids is 1. The van der Waals surface area contributed by atoms with E-state index in [4.69, 9.17) is 4.74 Å². The van der Waals surface area contributed by atoms with Crippen molar-refractivity contribution in [3.05, 3.63) is 75.6 Å². The fraction of sp³-hybridized carbons (Fsp3) is 0. The molecule has 0 radical (unpaired) electrons. The van der Waals surface area contributed by atoms with Crippen LogP contribution in [0.4, 0.5) is 4.39 Å². The summed E-state index contributed by atoms with van der Waals surface area (Å²) in [7, 11) is 0. The fourth-order valence-electron chi connectivity index (χ4n) is 1.88. The second-order valence-electron chi connectivity index (χ2n) is 4.40. The number of nitrogens with zero attached hydrogens (tertiary/aromatic N) is 1. The minimum atomic E-state index is -0.544. The van der Waals surface area contributed by atoms with Gasteiger partial charge < -0.3 is 4.74 Å². The smallest absolute Gasteiger partial charge is 0.363 e. The Balaban J connectivity index is 1.93. The number of aliphatic imine (C=N–C) groups is 1. The van der Waals surface area contributed by atoms with Crippen molar-refractivity contribution in [2.24, 2.45) is 4.99 Å². The summed E-state index contributed by atoms with van der Waals surface area (Å²) >= 11 is 3.33. The lowest BCUT2D eigenvalue weighted by molar-refractivity contribution is -0.129. The first-order valence-corrected chi connectivity index (χ1v) is 6.95. The van der Waals surface area contributed by atoms with E-state index in [9.17, 15) is 9.18 Å². The second kappa shape index (κ2) is 5.61. The van der Waals surface area contributed by atoms with Crippen LogP contribution in [0.3, 0.4) is 0 Å². The van der Waals surface area contributed by atoms with Crippen LogP contribution in [0, 0.1) is 5.82 Å². The van der Waals surface area contributed by atoms with E-state index < -0.39 is 5.97 Å². The Hall–Kier alpha value is -2.27. The van der Waals surface area contributed by atoms with Crippen LogP contribution in [-0.4, -0.2) is 11.9 Å². The Labute approximate surface area is 128 Å². The van der Waals surface area contributed by atoms with Gasteiger partial charge in [-0.15, -0.1) is 0 Å². The molecule has 1 heterocycles. The molecule has 0 saturated heterocycles. The summed E-state index contributed by atoms with van der Waals surface area (Å²) < 4.78 is 19.2. The first kappa shape index (κ1) is 13.7. The normalized spacial score (nSPS) is 16.0. The fourth-order valence-corrected chi connectivity index (χ4v) is 2.14. The molecule has 0 unspecified atom stereocenters. The van der Waals surface area contributed by atoms with E-state index >= 15 is 0 Å². The number of esters is 1. The van der Waals surface area contributed by atoms with Gasteiger partial charge in [0.05, 0.1) is 0 Å². The van der Waals surface area contributed by atoms with Gasteiger partial charge >= 0.3 is 5.97 Å². The molecule has 1 aliphatic heterocycles. The molecule has 0 bridgehead atoms. The maximum absolute atomic E-state index is 13.1. The summed E-state index contributed by atoms with van der Waals surface area (Å²) in [6.45, 7) is 0. The average Bonchev–Trinajstić information content (AvgIpc) is 2.81.